The quantitative estimate of drug-likeness (QED) is 0.510. The van der Waals surface area contributed by atoms with Crippen LogP contribution in [-0.2, 0) is 17.1 Å². The van der Waals surface area contributed by atoms with E-state index < -0.39 is 0 Å². The molecule has 0 amide bonds. The summed E-state index contributed by atoms with van der Waals surface area (Å²) in [7, 11) is 0. The molecule has 1 nitrogen and oxygen atoms in total. The topological polar surface area (TPSA) is 20.2 Å². The molecule has 0 heterocycles. The van der Waals surface area contributed by atoms with E-state index in [1.165, 1.54) is 6.42 Å². The van der Waals surface area contributed by atoms with Crippen molar-refractivity contribution in [2.75, 3.05) is 6.61 Å². The summed E-state index contributed by atoms with van der Waals surface area (Å²) in [6, 6.07) is 20.0. The molecule has 0 spiro atoms. The fourth-order valence-electron chi connectivity index (χ4n) is 1.00. The Morgan fingerprint density at radius 1 is 0.882 bits per heavy atom. The van der Waals surface area contributed by atoms with Gasteiger partial charge in [0, 0.05) is 23.7 Å². The van der Waals surface area contributed by atoms with Crippen LogP contribution in [0, 0.1) is 0 Å². The van der Waals surface area contributed by atoms with Gasteiger partial charge in [-0.15, -0.1) is 0 Å². The zero-order valence-electron chi connectivity index (χ0n) is 10.4. The molecule has 102 valence electrons. The molecule has 0 aliphatic carbocycles. The van der Waals surface area contributed by atoms with E-state index in [2.05, 4.69) is 6.92 Å². The van der Waals surface area contributed by atoms with Gasteiger partial charge in [0.15, 0.2) is 0 Å². The third-order valence-corrected chi connectivity index (χ3v) is 1.87. The predicted octanol–water partition coefficient (Wildman–Crippen LogP) is 3.98. The number of unbranched alkanes of at least 4 members (excludes halogenated alkanes) is 2. The Balaban J connectivity index is 0. The first-order valence-electron chi connectivity index (χ1n) is 5.86. The van der Waals surface area contributed by atoms with E-state index in [0.29, 0.717) is 6.61 Å². The summed E-state index contributed by atoms with van der Waals surface area (Å²) < 4.78 is 0. The minimum atomic E-state index is 0. The number of hydrogen-bond donors (Lipinski definition) is 1. The van der Waals surface area contributed by atoms with Gasteiger partial charge in [0.1, 0.15) is 0 Å². The van der Waals surface area contributed by atoms with Crippen LogP contribution in [0.15, 0.2) is 60.7 Å². The van der Waals surface area contributed by atoms with Crippen LogP contribution in [-0.4, -0.2) is 11.7 Å². The second kappa shape index (κ2) is 17.6. The summed E-state index contributed by atoms with van der Waals surface area (Å²) in [6.07, 6.45) is 3.33. The van der Waals surface area contributed by atoms with E-state index in [1.807, 2.05) is 60.7 Å². The second-order valence-electron chi connectivity index (χ2n) is 3.36. The van der Waals surface area contributed by atoms with Crippen LogP contribution in [0.1, 0.15) is 26.2 Å². The number of aliphatic hydroxyl groups is 1. The number of aliphatic hydroxyl groups excluding tert-OH is 1. The summed E-state index contributed by atoms with van der Waals surface area (Å²) in [5, 5.41) is 8.20. The van der Waals surface area contributed by atoms with Gasteiger partial charge in [0.05, 0.1) is 0 Å². The number of rotatable bonds is 3. The first-order valence-corrected chi connectivity index (χ1v) is 5.86. The van der Waals surface area contributed by atoms with Gasteiger partial charge in [-0.25, -0.2) is 12.1 Å². The van der Waals surface area contributed by atoms with Crippen LogP contribution in [0.25, 0.3) is 0 Å². The monoisotopic (exact) mass is 274 g/mol. The maximum atomic E-state index is 8.20. The Kier molecular flexibility index (Phi) is 19.2. The molecular formula is C15H22FeO-6. The molecule has 0 radical (unpaired) electrons. The zero-order valence-corrected chi connectivity index (χ0v) is 11.5. The van der Waals surface area contributed by atoms with Crippen molar-refractivity contribution in [1.29, 1.82) is 0 Å². The minimum Gasteiger partial charge on any atom is -0.748 e. The number of hydrogen-bond acceptors (Lipinski definition) is 1. The first-order chi connectivity index (χ1) is 7.91. The van der Waals surface area contributed by atoms with E-state index in [9.17, 15) is 0 Å². The van der Waals surface area contributed by atoms with E-state index in [4.69, 9.17) is 5.11 Å². The Morgan fingerprint density at radius 3 is 1.53 bits per heavy atom. The molecule has 0 aliphatic rings. The minimum absolute atomic E-state index is 0. The third-order valence-electron chi connectivity index (χ3n) is 1.87. The molecule has 0 saturated carbocycles. The summed E-state index contributed by atoms with van der Waals surface area (Å²) in [5.41, 5.74) is 0. The molecule has 0 bridgehead atoms. The summed E-state index contributed by atoms with van der Waals surface area (Å²) in [6.45, 7) is 2.48. The van der Waals surface area contributed by atoms with Gasteiger partial charge < -0.3 is 35.4 Å². The van der Waals surface area contributed by atoms with Crippen molar-refractivity contribution in [3.8, 4) is 0 Å². The van der Waals surface area contributed by atoms with Crippen LogP contribution < -0.4 is 0 Å². The average molecular weight is 274 g/mol. The first kappa shape index (κ1) is 18.5. The van der Waals surface area contributed by atoms with Crippen LogP contribution in [0.4, 0.5) is 0 Å². The van der Waals surface area contributed by atoms with E-state index in [0.717, 1.165) is 12.8 Å². The van der Waals surface area contributed by atoms with Gasteiger partial charge in [-0.3, -0.25) is 0 Å². The molecule has 2 aromatic carbocycles. The summed E-state index contributed by atoms with van der Waals surface area (Å²) in [5.74, 6) is 0. The van der Waals surface area contributed by atoms with Gasteiger partial charge in [-0.05, 0) is 6.42 Å². The van der Waals surface area contributed by atoms with Crippen molar-refractivity contribution in [2.45, 2.75) is 26.2 Å². The fraction of sp³-hybridized carbons (Fsp3) is 0.333. The van der Waals surface area contributed by atoms with Gasteiger partial charge in [0.25, 0.3) is 0 Å². The molecule has 0 fully saturated rings. The van der Waals surface area contributed by atoms with E-state index in [-0.39, 0.29) is 17.1 Å². The largest absolute Gasteiger partial charge is 0.748 e. The van der Waals surface area contributed by atoms with Crippen LogP contribution >= 0.6 is 0 Å². The fourth-order valence-corrected chi connectivity index (χ4v) is 1.00. The average Bonchev–Trinajstić information content (AvgIpc) is 3.00. The molecule has 2 aromatic rings. The molecule has 0 aromatic heterocycles. The molecule has 0 atom stereocenters. The van der Waals surface area contributed by atoms with Crippen LogP contribution in [0.3, 0.4) is 0 Å². The predicted molar refractivity (Wildman–Crippen MR) is 70.7 cm³/mol. The van der Waals surface area contributed by atoms with Crippen molar-refractivity contribution in [3.63, 3.8) is 0 Å². The van der Waals surface area contributed by atoms with E-state index in [1.54, 1.807) is 0 Å². The Hall–Kier alpha value is -0.821. The van der Waals surface area contributed by atoms with Crippen molar-refractivity contribution in [1.82, 2.24) is 0 Å². The Labute approximate surface area is 116 Å². The molecular weight excluding hydrogens is 252 g/mol. The van der Waals surface area contributed by atoms with Gasteiger partial charge in [-0.2, -0.15) is 18.2 Å². The smallest absolute Gasteiger partial charge is 0.0431 e. The van der Waals surface area contributed by atoms with Crippen molar-refractivity contribution in [2.24, 2.45) is 0 Å². The Morgan fingerprint density at radius 2 is 1.35 bits per heavy atom. The maximum Gasteiger partial charge on any atom is 0.0431 e. The Bertz CT molecular complexity index is 196. The second-order valence-corrected chi connectivity index (χ2v) is 3.36. The zero-order chi connectivity index (χ0) is 11.9. The van der Waals surface area contributed by atoms with Crippen LogP contribution in [0.5, 0.6) is 0 Å². The molecule has 2 heteroatoms. The molecule has 1 N–H and O–H groups in total. The van der Waals surface area contributed by atoms with Gasteiger partial charge in [0.2, 0.25) is 0 Å². The molecule has 17 heavy (non-hydrogen) atoms. The van der Waals surface area contributed by atoms with E-state index >= 15 is 0 Å². The van der Waals surface area contributed by atoms with Crippen molar-refractivity contribution < 1.29 is 22.2 Å². The molecule has 0 saturated heterocycles. The van der Waals surface area contributed by atoms with Gasteiger partial charge >= 0.3 is 0 Å². The van der Waals surface area contributed by atoms with Crippen LogP contribution in [0.2, 0.25) is 0 Å². The SMILES string of the molecule is CCCCCO.[Fe].[cH-]1[cH-][cH-][cH-][cH-]1.c1cc[cH-]c1. The summed E-state index contributed by atoms with van der Waals surface area (Å²) in [4.78, 5) is 0. The molecule has 0 unspecified atom stereocenters. The molecule has 2 rings (SSSR count). The third kappa shape index (κ3) is 17.8. The standard InChI is InChI=1S/C5H12O.2C5H5.Fe/c1-2-3-4-5-6;2*1-2-4-5-3-1;/h6H,2-5H2,1H3;2*1-5H;/q;-5;-1;. The molecule has 0 aliphatic heterocycles. The normalized spacial score (nSPS) is 7.88. The van der Waals surface area contributed by atoms with Crippen molar-refractivity contribution >= 4 is 0 Å². The summed E-state index contributed by atoms with van der Waals surface area (Å²) >= 11 is 0. The maximum absolute atomic E-state index is 8.20. The van der Waals surface area contributed by atoms with Gasteiger partial charge in [-0.1, -0.05) is 19.8 Å². The van der Waals surface area contributed by atoms with Crippen molar-refractivity contribution in [3.05, 3.63) is 60.7 Å².